The Morgan fingerprint density at radius 3 is 2.03 bits per heavy atom. The van der Waals surface area contributed by atoms with Gasteiger partial charge in [-0.15, -0.1) is 11.3 Å². The first-order chi connectivity index (χ1) is 28.5. The summed E-state index contributed by atoms with van der Waals surface area (Å²) in [5.41, 5.74) is 16.2. The fraction of sp³-hybridized carbons (Fsp3) is 0.151. The van der Waals surface area contributed by atoms with Crippen molar-refractivity contribution in [1.29, 1.82) is 5.26 Å². The Kier molecular flexibility index (Phi) is 6.89. The van der Waals surface area contributed by atoms with Crippen molar-refractivity contribution in [2.45, 2.75) is 52.4 Å². The van der Waals surface area contributed by atoms with E-state index < -0.39 is 0 Å². The molecule has 0 amide bonds. The largest absolute Gasteiger partial charge is 0.310 e. The SMILES string of the molecule is CC(C)(C)c1ccc(N2c3cc(C#N)cc4c3B(c3sc5ccc(C(C)(C)C)cc5c32)c2cccc3c5c(ccc6c7ccccc7n(-c7ccccc7)c65)n-4c23)cc1. The molecule has 3 aromatic heterocycles. The highest BCUT2D eigenvalue weighted by Gasteiger charge is 2.44. The summed E-state index contributed by atoms with van der Waals surface area (Å²) in [6.45, 7) is 13.7. The van der Waals surface area contributed by atoms with Crippen molar-refractivity contribution in [3.63, 3.8) is 0 Å². The summed E-state index contributed by atoms with van der Waals surface area (Å²) in [6, 6.07) is 54.3. The predicted octanol–water partition coefficient (Wildman–Crippen LogP) is 12.2. The molecular weight excluding hydrogens is 735 g/mol. The Balaban J connectivity index is 1.25. The molecule has 0 saturated heterocycles. The molecule has 0 spiro atoms. The van der Waals surface area contributed by atoms with Gasteiger partial charge in [-0.1, -0.05) is 120 Å². The second kappa shape index (κ2) is 11.8. The standard InChI is InChI=1S/C53H41BN4S/c1-52(2,3)32-19-22-35(23-20-32)57-43-27-31(30-55)28-44-47(43)54(51-50(57)39-29-33(53(4,5)6)21-26-45(39)59-51)40-17-12-16-38-46-42(58(44)48(38)40)25-24-37-36-15-10-11-18-41(36)56(49(37)46)34-13-8-7-9-14-34/h7-29H,1-6H3. The average molecular weight is 777 g/mol. The molecule has 10 aromatic rings. The van der Waals surface area contributed by atoms with Gasteiger partial charge in [0, 0.05) is 64.7 Å². The van der Waals surface area contributed by atoms with Gasteiger partial charge in [-0.3, -0.25) is 0 Å². The van der Waals surface area contributed by atoms with Crippen LogP contribution < -0.4 is 20.6 Å². The number of aromatic nitrogens is 2. The van der Waals surface area contributed by atoms with Crippen LogP contribution in [0, 0.1) is 11.3 Å². The summed E-state index contributed by atoms with van der Waals surface area (Å²) < 4.78 is 7.56. The summed E-state index contributed by atoms with van der Waals surface area (Å²) in [7, 11) is 0. The van der Waals surface area contributed by atoms with Gasteiger partial charge in [-0.25, -0.2) is 0 Å². The number of rotatable bonds is 2. The minimum absolute atomic E-state index is 0.0131. The molecule has 0 bridgehead atoms. The monoisotopic (exact) mass is 776 g/mol. The lowest BCUT2D eigenvalue weighted by molar-refractivity contribution is 0.590. The molecule has 12 rings (SSSR count). The molecule has 0 unspecified atom stereocenters. The molecule has 6 heteroatoms. The smallest absolute Gasteiger partial charge is 0.264 e. The lowest BCUT2D eigenvalue weighted by atomic mass is 9.36. The third-order valence-corrected chi connectivity index (χ3v) is 14.2. The Labute approximate surface area is 348 Å². The van der Waals surface area contributed by atoms with Gasteiger partial charge in [0.1, 0.15) is 0 Å². The molecule has 0 N–H and O–H groups in total. The Morgan fingerprint density at radius 2 is 1.27 bits per heavy atom. The number of hydrogen-bond acceptors (Lipinski definition) is 3. The minimum Gasteiger partial charge on any atom is -0.310 e. The van der Waals surface area contributed by atoms with Crippen LogP contribution in [0.25, 0.3) is 65.1 Å². The molecule has 0 aliphatic carbocycles. The quantitative estimate of drug-likeness (QED) is 0.164. The topological polar surface area (TPSA) is 36.9 Å². The lowest BCUT2D eigenvalue weighted by Crippen LogP contribution is -2.59. The zero-order valence-electron chi connectivity index (χ0n) is 34.1. The number of thiophene rings is 1. The second-order valence-electron chi connectivity index (χ2n) is 18.5. The Bertz CT molecular complexity index is 3470. The zero-order valence-corrected chi connectivity index (χ0v) is 34.9. The molecule has 0 saturated carbocycles. The first-order valence-corrected chi connectivity index (χ1v) is 21.4. The van der Waals surface area contributed by atoms with Gasteiger partial charge in [-0.2, -0.15) is 5.26 Å². The van der Waals surface area contributed by atoms with Crippen molar-refractivity contribution in [3.8, 4) is 17.4 Å². The van der Waals surface area contributed by atoms with E-state index in [0.717, 1.165) is 28.3 Å². The Morgan fingerprint density at radius 1 is 0.559 bits per heavy atom. The van der Waals surface area contributed by atoms with E-state index in [4.69, 9.17) is 0 Å². The van der Waals surface area contributed by atoms with Crippen molar-refractivity contribution in [2.75, 3.05) is 4.90 Å². The fourth-order valence-electron chi connectivity index (χ4n) is 10.2. The highest BCUT2D eigenvalue weighted by Crippen LogP contribution is 2.48. The molecule has 2 aliphatic rings. The van der Waals surface area contributed by atoms with E-state index in [0.29, 0.717) is 5.56 Å². The maximum absolute atomic E-state index is 10.8. The molecule has 7 aromatic carbocycles. The summed E-state index contributed by atoms with van der Waals surface area (Å²) in [6.07, 6.45) is 0. The van der Waals surface area contributed by atoms with Crippen molar-refractivity contribution < 1.29 is 0 Å². The molecule has 5 heterocycles. The minimum atomic E-state index is -0.0145. The van der Waals surface area contributed by atoms with E-state index >= 15 is 0 Å². The van der Waals surface area contributed by atoms with Crippen molar-refractivity contribution >= 4 is 105 Å². The number of nitriles is 1. The maximum Gasteiger partial charge on any atom is 0.264 e. The molecular formula is C53H41BN4S. The van der Waals surface area contributed by atoms with Crippen LogP contribution in [0.4, 0.5) is 17.1 Å². The third-order valence-electron chi connectivity index (χ3n) is 13.0. The molecule has 0 atom stereocenters. The normalized spacial score (nSPS) is 13.5. The van der Waals surface area contributed by atoms with Gasteiger partial charge in [0.05, 0.1) is 33.9 Å². The molecule has 59 heavy (non-hydrogen) atoms. The van der Waals surface area contributed by atoms with Crippen LogP contribution in [0.5, 0.6) is 0 Å². The lowest BCUT2D eigenvalue weighted by Gasteiger charge is -2.39. The number of para-hydroxylation sites is 3. The van der Waals surface area contributed by atoms with E-state index in [1.54, 1.807) is 0 Å². The molecule has 0 fully saturated rings. The van der Waals surface area contributed by atoms with Crippen LogP contribution in [0.2, 0.25) is 0 Å². The van der Waals surface area contributed by atoms with Gasteiger partial charge in [0.15, 0.2) is 0 Å². The van der Waals surface area contributed by atoms with Gasteiger partial charge >= 0.3 is 0 Å². The number of fused-ring (bicyclic) bond motifs is 13. The van der Waals surface area contributed by atoms with Crippen molar-refractivity contribution in [2.24, 2.45) is 0 Å². The van der Waals surface area contributed by atoms with Crippen LogP contribution in [0.1, 0.15) is 58.2 Å². The summed E-state index contributed by atoms with van der Waals surface area (Å²) in [4.78, 5) is 2.48. The molecule has 282 valence electrons. The van der Waals surface area contributed by atoms with E-state index in [9.17, 15) is 5.26 Å². The summed E-state index contributed by atoms with van der Waals surface area (Å²) >= 11 is 1.92. The number of hydrogen-bond donors (Lipinski definition) is 0. The van der Waals surface area contributed by atoms with Gasteiger partial charge in [0.2, 0.25) is 0 Å². The number of nitrogens with zero attached hydrogens (tertiary/aromatic N) is 4. The van der Waals surface area contributed by atoms with Gasteiger partial charge < -0.3 is 14.0 Å². The highest BCUT2D eigenvalue weighted by molar-refractivity contribution is 7.33. The second-order valence-corrected chi connectivity index (χ2v) is 19.6. The van der Waals surface area contributed by atoms with E-state index in [1.165, 1.54) is 80.7 Å². The van der Waals surface area contributed by atoms with Crippen LogP contribution in [0.3, 0.4) is 0 Å². The average Bonchev–Trinajstić information content (AvgIpc) is 3.90. The Hall–Kier alpha value is -6.55. The van der Waals surface area contributed by atoms with Crippen LogP contribution in [-0.4, -0.2) is 15.8 Å². The predicted molar refractivity (Wildman–Crippen MR) is 252 cm³/mol. The van der Waals surface area contributed by atoms with E-state index in [2.05, 4.69) is 201 Å². The maximum atomic E-state index is 10.8. The number of benzene rings is 7. The zero-order chi connectivity index (χ0) is 40.1. The van der Waals surface area contributed by atoms with Crippen LogP contribution >= 0.6 is 11.3 Å². The van der Waals surface area contributed by atoms with Crippen LogP contribution in [0.15, 0.2) is 140 Å². The highest BCUT2D eigenvalue weighted by atomic mass is 32.1. The molecule has 2 aliphatic heterocycles. The number of anilines is 3. The van der Waals surface area contributed by atoms with E-state index in [1.807, 2.05) is 11.3 Å². The molecule has 4 nitrogen and oxygen atoms in total. The molecule has 0 radical (unpaired) electrons. The van der Waals surface area contributed by atoms with Crippen molar-refractivity contribution in [3.05, 3.63) is 156 Å². The van der Waals surface area contributed by atoms with Gasteiger partial charge in [0.25, 0.3) is 6.71 Å². The van der Waals surface area contributed by atoms with Crippen LogP contribution in [-0.2, 0) is 10.8 Å². The first kappa shape index (κ1) is 34.5. The van der Waals surface area contributed by atoms with Crippen molar-refractivity contribution in [1.82, 2.24) is 9.13 Å². The first-order valence-electron chi connectivity index (χ1n) is 20.6. The summed E-state index contributed by atoms with van der Waals surface area (Å²) in [5.74, 6) is 0. The van der Waals surface area contributed by atoms with E-state index in [-0.39, 0.29) is 17.5 Å². The van der Waals surface area contributed by atoms with Gasteiger partial charge in [-0.05, 0) is 93.5 Å². The fourth-order valence-corrected chi connectivity index (χ4v) is 11.5. The third kappa shape index (κ3) is 4.65. The summed E-state index contributed by atoms with van der Waals surface area (Å²) in [5, 5.41) is 17.0.